The zero-order chi connectivity index (χ0) is 16.4. The van der Waals surface area contributed by atoms with Gasteiger partial charge in [0.1, 0.15) is 11.5 Å². The molecule has 1 aromatic carbocycles. The second kappa shape index (κ2) is 5.89. The Kier molecular flexibility index (Phi) is 3.92. The normalized spacial score (nSPS) is 15.0. The van der Waals surface area contributed by atoms with Crippen molar-refractivity contribution in [2.75, 3.05) is 13.1 Å². The molecule has 2 aromatic rings. The second-order valence-corrected chi connectivity index (χ2v) is 7.69. The topological polar surface area (TPSA) is 91.4 Å². The van der Waals surface area contributed by atoms with Crippen molar-refractivity contribution in [2.24, 2.45) is 0 Å². The van der Waals surface area contributed by atoms with Gasteiger partial charge >= 0.3 is 0 Å². The molecule has 1 aliphatic rings. The van der Waals surface area contributed by atoms with Crippen molar-refractivity contribution in [3.8, 4) is 6.07 Å². The van der Waals surface area contributed by atoms with Crippen molar-refractivity contribution in [3.05, 3.63) is 59.5 Å². The number of amides is 1. The van der Waals surface area contributed by atoms with Gasteiger partial charge in [-0.3, -0.25) is 4.79 Å². The van der Waals surface area contributed by atoms with Crippen LogP contribution >= 0.6 is 0 Å². The van der Waals surface area contributed by atoms with E-state index in [1.807, 2.05) is 6.07 Å². The first-order chi connectivity index (χ1) is 11.0. The Bertz CT molecular complexity index is 842. The molecule has 0 radical (unpaired) electrons. The number of hydrogen-bond donors (Lipinski definition) is 0. The average Bonchev–Trinajstić information content (AvgIpc) is 2.97. The molecule has 0 bridgehead atoms. The van der Waals surface area contributed by atoms with Crippen molar-refractivity contribution in [1.82, 2.24) is 4.90 Å². The summed E-state index contributed by atoms with van der Waals surface area (Å²) >= 11 is 0. The number of furan rings is 1. The zero-order valence-corrected chi connectivity index (χ0v) is 13.0. The molecule has 1 aromatic heterocycles. The molecule has 0 atom stereocenters. The highest BCUT2D eigenvalue weighted by Gasteiger charge is 2.40. The molecule has 7 heteroatoms. The van der Waals surface area contributed by atoms with E-state index < -0.39 is 15.1 Å². The molecule has 1 saturated heterocycles. The summed E-state index contributed by atoms with van der Waals surface area (Å²) in [5.74, 6) is 0.0321. The lowest BCUT2D eigenvalue weighted by Gasteiger charge is -2.38. The Morgan fingerprint density at radius 3 is 2.52 bits per heavy atom. The van der Waals surface area contributed by atoms with Crippen molar-refractivity contribution in [3.63, 3.8) is 0 Å². The first kappa shape index (κ1) is 15.3. The smallest absolute Gasteiger partial charge is 0.253 e. The number of likely N-dealkylation sites (tertiary alicyclic amines) is 1. The summed E-state index contributed by atoms with van der Waals surface area (Å²) in [6.07, 6.45) is 1.44. The van der Waals surface area contributed by atoms with Crippen LogP contribution in [-0.4, -0.2) is 37.6 Å². The molecule has 0 unspecified atom stereocenters. The summed E-state index contributed by atoms with van der Waals surface area (Å²) in [5, 5.41) is 8.18. The van der Waals surface area contributed by atoms with Crippen LogP contribution in [0.5, 0.6) is 0 Å². The molecular weight excluding hydrogens is 316 g/mol. The minimum absolute atomic E-state index is 0.149. The number of carbonyl (C=O) groups is 1. The van der Waals surface area contributed by atoms with E-state index in [2.05, 4.69) is 0 Å². The molecule has 2 heterocycles. The van der Waals surface area contributed by atoms with Gasteiger partial charge in [0, 0.05) is 18.7 Å². The number of nitriles is 1. The molecule has 0 aliphatic carbocycles. The lowest BCUT2D eigenvalue weighted by atomic mass is 10.1. The van der Waals surface area contributed by atoms with Crippen molar-refractivity contribution >= 4 is 15.7 Å². The van der Waals surface area contributed by atoms with Crippen LogP contribution in [0.4, 0.5) is 0 Å². The first-order valence-corrected chi connectivity index (χ1v) is 8.74. The molecule has 0 N–H and O–H groups in total. The summed E-state index contributed by atoms with van der Waals surface area (Å²) in [6.45, 7) is 0.365. The third-order valence-corrected chi connectivity index (χ3v) is 5.83. The first-order valence-electron chi connectivity index (χ1n) is 7.03. The minimum atomic E-state index is -3.34. The van der Waals surface area contributed by atoms with E-state index in [1.54, 1.807) is 36.4 Å². The predicted octanol–water partition coefficient (Wildman–Crippen LogP) is 1.59. The number of rotatable bonds is 4. The summed E-state index contributed by atoms with van der Waals surface area (Å²) in [7, 11) is -3.34. The number of sulfone groups is 1. The fourth-order valence-corrected chi connectivity index (χ4v) is 4.02. The maximum absolute atomic E-state index is 12.2. The second-order valence-electron chi connectivity index (χ2n) is 5.41. The summed E-state index contributed by atoms with van der Waals surface area (Å²) in [6, 6.07) is 11.5. The SMILES string of the molecule is N#Cc1ccc(C(=O)N2CC(S(=O)(=O)Cc3ccco3)C2)cc1. The number of benzene rings is 1. The lowest BCUT2D eigenvalue weighted by Crippen LogP contribution is -2.57. The molecule has 0 spiro atoms. The van der Waals surface area contributed by atoms with Crippen LogP contribution in [0.3, 0.4) is 0 Å². The van der Waals surface area contributed by atoms with Gasteiger partial charge in [-0.25, -0.2) is 8.42 Å². The largest absolute Gasteiger partial charge is 0.468 e. The highest BCUT2D eigenvalue weighted by Crippen LogP contribution is 2.22. The van der Waals surface area contributed by atoms with Gasteiger partial charge in [0.25, 0.3) is 5.91 Å². The molecule has 23 heavy (non-hydrogen) atoms. The Morgan fingerprint density at radius 1 is 1.26 bits per heavy atom. The minimum Gasteiger partial charge on any atom is -0.468 e. The van der Waals surface area contributed by atoms with Crippen molar-refractivity contribution < 1.29 is 17.6 Å². The molecule has 1 aliphatic heterocycles. The molecule has 1 amide bonds. The van der Waals surface area contributed by atoms with E-state index in [-0.39, 0.29) is 24.7 Å². The standard InChI is InChI=1S/C16H14N2O4S/c17-8-12-3-5-13(6-4-12)16(19)18-9-15(10-18)23(20,21)11-14-2-1-7-22-14/h1-7,15H,9-11H2. The Hall–Kier alpha value is -2.59. The summed E-state index contributed by atoms with van der Waals surface area (Å²) in [4.78, 5) is 13.7. The molecular formula is C16H14N2O4S. The highest BCUT2D eigenvalue weighted by molar-refractivity contribution is 7.91. The molecule has 0 saturated carbocycles. The molecule has 3 rings (SSSR count). The van der Waals surface area contributed by atoms with Gasteiger partial charge in [-0.2, -0.15) is 5.26 Å². The third kappa shape index (κ3) is 3.12. The summed E-state index contributed by atoms with van der Waals surface area (Å²) < 4.78 is 29.5. The van der Waals surface area contributed by atoms with E-state index in [0.29, 0.717) is 16.9 Å². The van der Waals surface area contributed by atoms with Crippen LogP contribution in [0.2, 0.25) is 0 Å². The van der Waals surface area contributed by atoms with Crippen LogP contribution in [0.15, 0.2) is 47.1 Å². The van der Waals surface area contributed by atoms with Crippen LogP contribution in [0, 0.1) is 11.3 Å². The van der Waals surface area contributed by atoms with Gasteiger partial charge < -0.3 is 9.32 Å². The fourth-order valence-electron chi connectivity index (χ4n) is 2.41. The van der Waals surface area contributed by atoms with Crippen molar-refractivity contribution in [1.29, 1.82) is 5.26 Å². The quantitative estimate of drug-likeness (QED) is 0.849. The Labute approximate surface area is 133 Å². The van der Waals surface area contributed by atoms with E-state index in [0.717, 1.165) is 0 Å². The average molecular weight is 330 g/mol. The summed E-state index contributed by atoms with van der Waals surface area (Å²) in [5.41, 5.74) is 0.926. The van der Waals surface area contributed by atoms with E-state index in [9.17, 15) is 13.2 Å². The lowest BCUT2D eigenvalue weighted by molar-refractivity contribution is 0.0659. The maximum atomic E-state index is 12.2. The molecule has 118 valence electrons. The van der Waals surface area contributed by atoms with Crippen molar-refractivity contribution in [2.45, 2.75) is 11.0 Å². The maximum Gasteiger partial charge on any atom is 0.253 e. The van der Waals surface area contributed by atoms with Gasteiger partial charge in [0.05, 0.1) is 23.1 Å². The van der Waals surface area contributed by atoms with Crippen LogP contribution < -0.4 is 0 Å². The van der Waals surface area contributed by atoms with Crippen LogP contribution in [0.25, 0.3) is 0 Å². The third-order valence-electron chi connectivity index (χ3n) is 3.83. The number of nitrogens with zero attached hydrogens (tertiary/aromatic N) is 2. The Balaban J connectivity index is 1.61. The number of carbonyl (C=O) groups excluding carboxylic acids is 1. The van der Waals surface area contributed by atoms with Crippen LogP contribution in [-0.2, 0) is 15.6 Å². The van der Waals surface area contributed by atoms with Crippen LogP contribution in [0.1, 0.15) is 21.7 Å². The van der Waals surface area contributed by atoms with E-state index >= 15 is 0 Å². The van der Waals surface area contributed by atoms with Gasteiger partial charge in [-0.15, -0.1) is 0 Å². The fraction of sp³-hybridized carbons (Fsp3) is 0.250. The molecule has 1 fully saturated rings. The predicted molar refractivity (Wildman–Crippen MR) is 82.2 cm³/mol. The Morgan fingerprint density at radius 2 is 1.96 bits per heavy atom. The van der Waals surface area contributed by atoms with E-state index in [1.165, 1.54) is 11.2 Å². The van der Waals surface area contributed by atoms with Gasteiger partial charge in [0.2, 0.25) is 0 Å². The van der Waals surface area contributed by atoms with Gasteiger partial charge in [-0.05, 0) is 36.4 Å². The zero-order valence-electron chi connectivity index (χ0n) is 12.2. The molecule has 6 nitrogen and oxygen atoms in total. The van der Waals surface area contributed by atoms with Gasteiger partial charge in [-0.1, -0.05) is 0 Å². The monoisotopic (exact) mass is 330 g/mol. The number of hydrogen-bond acceptors (Lipinski definition) is 5. The highest BCUT2D eigenvalue weighted by atomic mass is 32.2. The van der Waals surface area contributed by atoms with Gasteiger partial charge in [0.15, 0.2) is 9.84 Å². The van der Waals surface area contributed by atoms with E-state index in [4.69, 9.17) is 9.68 Å².